The molecule has 6 heterocycles. The Morgan fingerprint density at radius 1 is 0.617 bits per heavy atom. The molecule has 2 radical (unpaired) electrons. The van der Waals surface area contributed by atoms with Crippen LogP contribution < -0.4 is 29.6 Å². The second-order valence-electron chi connectivity index (χ2n) is 27.8. The Labute approximate surface area is 568 Å². The Morgan fingerprint density at radius 2 is 1.09 bits per heavy atom. The second kappa shape index (κ2) is 29.3. The van der Waals surface area contributed by atoms with E-state index >= 15 is 17.6 Å². The molecule has 22 nitrogen and oxygen atoms in total. The van der Waals surface area contributed by atoms with E-state index in [-0.39, 0.29) is 116 Å². The molecule has 5 fully saturated rings. The predicted octanol–water partition coefficient (Wildman–Crippen LogP) is 9.35. The molecule has 0 spiro atoms. The molecular weight excluding hydrogens is 1310 g/mol. The number of nitrogens with zero attached hydrogens (tertiary/aromatic N) is 6. The maximum absolute atomic E-state index is 16.0. The van der Waals surface area contributed by atoms with Crippen LogP contribution >= 0.6 is 0 Å². The number of amides is 4. The van der Waals surface area contributed by atoms with Gasteiger partial charge in [0, 0.05) is 73.9 Å². The van der Waals surface area contributed by atoms with Crippen LogP contribution in [0.3, 0.4) is 0 Å². The standard InChI is InChI=1S/C33H41F2N4O7.C33H43F2N4O7.2V/c1-6-19-24(15-40)39-14-26(19)45-29-27(36-22-8-7-18(43-5)13-23(22)37-29)33(34,35)9-10-44-16-21-20-11-17(20)12-25(21)46-31(42)38-28(30(39)41)32(2,3)4;1-7-21-24(17-40)39-16-25(21)45-28-26(36-22-11-10-20(43-6)15-23(22)37-28)33(34,35)13-14-44-18-19-9-8-12-32(19,5)46-30(42)38-27(29(39)41)31(2,3)4;;/h7-8,13,17,19-21,24-26,28H,6,9-12,14,16H2,1-5H3,(H,38,42);10-11,15,19,21,24-25,27H,7-9,12-14,16,18H2,1-6H3,(H,38,42);;/q2*-1;;/t17?,19-,20?,21+,24+,25+,26-,28+;19-,21-,24+,25-,27+,32+;;/m00../s1. The minimum absolute atomic E-state index is 0. The molecule has 3 aliphatic carbocycles. The number of rotatable bonds is 6. The Kier molecular flexibility index (Phi) is 23.0. The molecule has 2 N–H and O–H groups in total. The van der Waals surface area contributed by atoms with Gasteiger partial charge in [0.25, 0.3) is 11.8 Å². The molecular formula is C66H84F4N8O14V2-2. The van der Waals surface area contributed by atoms with Gasteiger partial charge in [0.1, 0.15) is 47.5 Å². The van der Waals surface area contributed by atoms with Crippen LogP contribution in [0.5, 0.6) is 23.3 Å². The zero-order valence-electron chi connectivity index (χ0n) is 54.9. The number of benzene rings is 2. The van der Waals surface area contributed by atoms with E-state index in [9.17, 15) is 28.8 Å². The fraction of sp³-hybridized carbons (Fsp3) is 0.667. The summed E-state index contributed by atoms with van der Waals surface area (Å²) < 4.78 is 110. The summed E-state index contributed by atoms with van der Waals surface area (Å²) in [6.45, 7) is 15.7. The first kappa shape index (κ1) is 73.8. The molecule has 11 rings (SSSR count). The molecule has 512 valence electrons. The SMILES string of the molecule is CC[C@@H]1[C@@H]2CN(C(=O)[C@H](C(C)(C)C)NC(=O)O[C@@H]3CC4CC4[C@H]3COCCC(F)(F)c3nc4ccc(OC)cc4nc3O2)[C@@H]1[C-]=O.CC[C@@H]1[C@@H]2CN(C(=O)[C@H](C(C)(C)C)NC(=O)O[C@]3(C)CCC[C@H]3COCCC(F)(F)c3nc4ccc(OC)cc4nc3O2)[C@@H]1[C-]=O.[V].[V]. The van der Waals surface area contributed by atoms with Crippen molar-refractivity contribution in [1.82, 2.24) is 40.4 Å². The molecule has 4 bridgehead atoms. The third-order valence-electron chi connectivity index (χ3n) is 19.6. The summed E-state index contributed by atoms with van der Waals surface area (Å²) in [5, 5.41) is 5.54. The maximum atomic E-state index is 16.0. The van der Waals surface area contributed by atoms with Gasteiger partial charge in [0.2, 0.25) is 23.6 Å². The van der Waals surface area contributed by atoms with Gasteiger partial charge in [-0.15, -0.1) is 0 Å². The summed E-state index contributed by atoms with van der Waals surface area (Å²) in [7, 11) is 2.96. The number of fused-ring (bicyclic) bond motifs is 12. The van der Waals surface area contributed by atoms with Gasteiger partial charge in [-0.1, -0.05) is 80.3 Å². The number of aromatic nitrogens is 4. The van der Waals surface area contributed by atoms with Crippen molar-refractivity contribution >= 4 is 58.6 Å². The first-order chi connectivity index (χ1) is 43.5. The van der Waals surface area contributed by atoms with E-state index in [1.807, 2.05) is 26.4 Å². The molecule has 2 aromatic heterocycles. The molecule has 28 heteroatoms. The number of halogens is 4. The van der Waals surface area contributed by atoms with Crippen molar-refractivity contribution in [3.05, 3.63) is 47.8 Å². The zero-order valence-corrected chi connectivity index (χ0v) is 57.7. The van der Waals surface area contributed by atoms with Gasteiger partial charge in [-0.3, -0.25) is 9.59 Å². The van der Waals surface area contributed by atoms with Crippen LogP contribution in [0.25, 0.3) is 22.1 Å². The van der Waals surface area contributed by atoms with Crippen LogP contribution in [0.15, 0.2) is 36.4 Å². The van der Waals surface area contributed by atoms with Crippen molar-refractivity contribution < 1.29 is 121 Å². The van der Waals surface area contributed by atoms with E-state index in [1.54, 1.807) is 84.9 Å². The average molecular weight is 1390 g/mol. The summed E-state index contributed by atoms with van der Waals surface area (Å²) in [5.74, 6) is -8.76. The Bertz CT molecular complexity index is 3310. The number of ether oxygens (including phenoxy) is 8. The molecule has 4 amide bonds. The van der Waals surface area contributed by atoms with Crippen molar-refractivity contribution in [2.45, 2.75) is 180 Å². The Morgan fingerprint density at radius 3 is 1.53 bits per heavy atom. The van der Waals surface area contributed by atoms with Crippen molar-refractivity contribution in [2.24, 2.45) is 46.3 Å². The summed E-state index contributed by atoms with van der Waals surface area (Å²) in [4.78, 5) is 99.8. The Hall–Kier alpha value is -6.05. The summed E-state index contributed by atoms with van der Waals surface area (Å²) in [6, 6.07) is 5.25. The van der Waals surface area contributed by atoms with Crippen LogP contribution in [-0.2, 0) is 87.1 Å². The number of carbonyl (C=O) groups excluding carboxylic acids is 6. The monoisotopic (exact) mass is 1390 g/mol. The molecule has 14 atom stereocenters. The quantitative estimate of drug-likeness (QED) is 0.135. The van der Waals surface area contributed by atoms with Crippen LogP contribution in [0.2, 0.25) is 0 Å². The van der Waals surface area contributed by atoms with E-state index in [0.29, 0.717) is 55.4 Å². The van der Waals surface area contributed by atoms with Gasteiger partial charge < -0.3 is 67.9 Å². The third kappa shape index (κ3) is 15.5. The van der Waals surface area contributed by atoms with Gasteiger partial charge in [-0.25, -0.2) is 42.1 Å². The van der Waals surface area contributed by atoms with E-state index in [4.69, 9.17) is 37.9 Å². The molecule has 2 aromatic carbocycles. The normalized spacial score (nSPS) is 31.2. The van der Waals surface area contributed by atoms with E-state index in [1.165, 1.54) is 24.0 Å². The number of hydrogen-bond acceptors (Lipinski definition) is 18. The van der Waals surface area contributed by atoms with Gasteiger partial charge in [-0.05, 0) is 97.8 Å². The number of carbonyl (C=O) groups is 4. The first-order valence-corrected chi connectivity index (χ1v) is 31.8. The van der Waals surface area contributed by atoms with Crippen LogP contribution in [0.1, 0.15) is 131 Å². The fourth-order valence-corrected chi connectivity index (χ4v) is 14.1. The average Bonchev–Trinajstić information content (AvgIpc) is 1.48. The van der Waals surface area contributed by atoms with Crippen molar-refractivity contribution in [2.75, 3.05) is 53.7 Å². The fourth-order valence-electron chi connectivity index (χ4n) is 14.1. The minimum atomic E-state index is -3.50. The largest absolute Gasteiger partial charge is 0.540 e. The second-order valence-corrected chi connectivity index (χ2v) is 27.8. The summed E-state index contributed by atoms with van der Waals surface area (Å²) >= 11 is 0. The van der Waals surface area contributed by atoms with Gasteiger partial charge in [-0.2, -0.15) is 17.6 Å². The van der Waals surface area contributed by atoms with Gasteiger partial charge >= 0.3 is 12.2 Å². The smallest absolute Gasteiger partial charge is 0.408 e. The molecule has 2 unspecified atom stereocenters. The van der Waals surface area contributed by atoms with E-state index in [2.05, 4.69) is 30.6 Å². The van der Waals surface area contributed by atoms with Crippen LogP contribution in [-0.4, -0.2) is 168 Å². The molecule has 4 aliphatic heterocycles. The number of methoxy groups -OCH3 is 2. The predicted molar refractivity (Wildman–Crippen MR) is 325 cm³/mol. The van der Waals surface area contributed by atoms with Crippen molar-refractivity contribution in [3.8, 4) is 23.3 Å². The molecule has 2 saturated heterocycles. The molecule has 7 aliphatic rings. The summed E-state index contributed by atoms with van der Waals surface area (Å²) in [6.07, 6.45) is 3.21. The first-order valence-electron chi connectivity index (χ1n) is 31.8. The van der Waals surface area contributed by atoms with Gasteiger partial charge in [0.05, 0.1) is 75.8 Å². The van der Waals surface area contributed by atoms with Crippen molar-refractivity contribution in [3.63, 3.8) is 0 Å². The molecule has 94 heavy (non-hydrogen) atoms. The van der Waals surface area contributed by atoms with Crippen LogP contribution in [0, 0.1) is 46.3 Å². The van der Waals surface area contributed by atoms with E-state index in [0.717, 1.165) is 12.8 Å². The third-order valence-corrected chi connectivity index (χ3v) is 19.6. The molecule has 3 saturated carbocycles. The number of alkyl carbamates (subject to hydrolysis) is 2. The topological polar surface area (TPSA) is 258 Å². The van der Waals surface area contributed by atoms with Gasteiger partial charge in [0.15, 0.2) is 11.4 Å². The zero-order chi connectivity index (χ0) is 66.4. The summed E-state index contributed by atoms with van der Waals surface area (Å²) in [5.41, 5.74) is -2.74. The maximum Gasteiger partial charge on any atom is 0.408 e. The van der Waals surface area contributed by atoms with Crippen LogP contribution in [0.4, 0.5) is 27.2 Å². The molecule has 4 aromatic rings. The number of hydrogen-bond donors (Lipinski definition) is 2. The number of alkyl halides is 4. The van der Waals surface area contributed by atoms with Crippen molar-refractivity contribution in [1.29, 1.82) is 0 Å². The van der Waals surface area contributed by atoms with E-state index < -0.39 is 137 Å². The Balaban J connectivity index is 0.000000236. The number of nitrogens with one attached hydrogen (secondary N) is 2. The minimum Gasteiger partial charge on any atom is -0.540 e.